The second-order valence-electron chi connectivity index (χ2n) is 5.10. The zero-order chi connectivity index (χ0) is 12.1. The third kappa shape index (κ3) is 3.83. The fourth-order valence-electron chi connectivity index (χ4n) is 2.29. The molecule has 2 nitrogen and oxygen atoms in total. The van der Waals surface area contributed by atoms with Gasteiger partial charge in [0.2, 0.25) is 0 Å². The van der Waals surface area contributed by atoms with Gasteiger partial charge >= 0.3 is 0 Å². The molecule has 17 heavy (non-hydrogen) atoms. The molecule has 1 fully saturated rings. The molecule has 2 unspecified atom stereocenters. The summed E-state index contributed by atoms with van der Waals surface area (Å²) in [6, 6.07) is 9.23. The Hall–Kier alpha value is -0.860. The SMILES string of the molecule is Cc1ccc(C(C)NCCC2CCOC2)cc1. The summed E-state index contributed by atoms with van der Waals surface area (Å²) in [5.74, 6) is 0.771. The Balaban J connectivity index is 1.72. The lowest BCUT2D eigenvalue weighted by Gasteiger charge is -2.16. The lowest BCUT2D eigenvalue weighted by atomic mass is 10.0. The Bertz CT molecular complexity index is 327. The molecule has 0 aromatic heterocycles. The Kier molecular flexibility index (Phi) is 4.57. The first-order valence-electron chi connectivity index (χ1n) is 6.63. The van der Waals surface area contributed by atoms with E-state index < -0.39 is 0 Å². The molecule has 2 heteroatoms. The van der Waals surface area contributed by atoms with E-state index in [1.807, 2.05) is 0 Å². The maximum Gasteiger partial charge on any atom is 0.0495 e. The minimum Gasteiger partial charge on any atom is -0.381 e. The molecule has 2 atom stereocenters. The van der Waals surface area contributed by atoms with Gasteiger partial charge in [-0.3, -0.25) is 0 Å². The van der Waals surface area contributed by atoms with Crippen LogP contribution in [0.4, 0.5) is 0 Å². The van der Waals surface area contributed by atoms with Crippen molar-refractivity contribution in [2.45, 2.75) is 32.7 Å². The second-order valence-corrected chi connectivity index (χ2v) is 5.10. The molecule has 1 aromatic rings. The lowest BCUT2D eigenvalue weighted by molar-refractivity contribution is 0.184. The summed E-state index contributed by atoms with van der Waals surface area (Å²) in [5, 5.41) is 3.59. The zero-order valence-corrected chi connectivity index (χ0v) is 10.9. The van der Waals surface area contributed by atoms with Crippen molar-refractivity contribution in [2.24, 2.45) is 5.92 Å². The van der Waals surface area contributed by atoms with Gasteiger partial charge in [0, 0.05) is 19.3 Å². The van der Waals surface area contributed by atoms with Gasteiger partial charge in [-0.25, -0.2) is 0 Å². The van der Waals surface area contributed by atoms with Crippen LogP contribution in [0.2, 0.25) is 0 Å². The Morgan fingerprint density at radius 3 is 2.76 bits per heavy atom. The number of hydrogen-bond acceptors (Lipinski definition) is 2. The average molecular weight is 233 g/mol. The summed E-state index contributed by atoms with van der Waals surface area (Å²) in [5.41, 5.74) is 2.70. The number of rotatable bonds is 5. The fraction of sp³-hybridized carbons (Fsp3) is 0.600. The van der Waals surface area contributed by atoms with Crippen molar-refractivity contribution in [2.75, 3.05) is 19.8 Å². The second kappa shape index (κ2) is 6.18. The molecular formula is C15H23NO. The molecular weight excluding hydrogens is 210 g/mol. The normalized spacial score (nSPS) is 21.6. The quantitative estimate of drug-likeness (QED) is 0.844. The van der Waals surface area contributed by atoms with E-state index in [-0.39, 0.29) is 0 Å². The van der Waals surface area contributed by atoms with Crippen molar-refractivity contribution in [3.63, 3.8) is 0 Å². The molecule has 0 saturated carbocycles. The average Bonchev–Trinajstić information content (AvgIpc) is 2.83. The van der Waals surface area contributed by atoms with E-state index in [1.165, 1.54) is 24.0 Å². The number of benzene rings is 1. The van der Waals surface area contributed by atoms with Crippen LogP contribution in [0.5, 0.6) is 0 Å². The molecule has 1 aliphatic rings. The monoisotopic (exact) mass is 233 g/mol. The van der Waals surface area contributed by atoms with Crippen LogP contribution in [-0.4, -0.2) is 19.8 Å². The van der Waals surface area contributed by atoms with Gasteiger partial charge in [-0.2, -0.15) is 0 Å². The molecule has 1 N–H and O–H groups in total. The summed E-state index contributed by atoms with van der Waals surface area (Å²) < 4.78 is 5.38. The molecule has 1 heterocycles. The largest absolute Gasteiger partial charge is 0.381 e. The van der Waals surface area contributed by atoms with Crippen LogP contribution in [0.1, 0.15) is 36.9 Å². The summed E-state index contributed by atoms with van der Waals surface area (Å²) >= 11 is 0. The highest BCUT2D eigenvalue weighted by Crippen LogP contribution is 2.17. The molecule has 0 radical (unpaired) electrons. The van der Waals surface area contributed by atoms with Crippen molar-refractivity contribution >= 4 is 0 Å². The van der Waals surface area contributed by atoms with E-state index in [2.05, 4.69) is 43.4 Å². The van der Waals surface area contributed by atoms with E-state index in [1.54, 1.807) is 0 Å². The van der Waals surface area contributed by atoms with Crippen LogP contribution in [0.3, 0.4) is 0 Å². The summed E-state index contributed by atoms with van der Waals surface area (Å²) in [6.07, 6.45) is 2.47. The van der Waals surface area contributed by atoms with Gasteiger partial charge in [0.1, 0.15) is 0 Å². The smallest absolute Gasteiger partial charge is 0.0495 e. The van der Waals surface area contributed by atoms with Crippen molar-refractivity contribution in [3.05, 3.63) is 35.4 Å². The maximum absolute atomic E-state index is 5.38. The number of hydrogen-bond donors (Lipinski definition) is 1. The van der Waals surface area contributed by atoms with Crippen LogP contribution in [0.25, 0.3) is 0 Å². The summed E-state index contributed by atoms with van der Waals surface area (Å²) in [4.78, 5) is 0. The van der Waals surface area contributed by atoms with Crippen LogP contribution < -0.4 is 5.32 Å². The predicted molar refractivity (Wildman–Crippen MR) is 71.1 cm³/mol. The van der Waals surface area contributed by atoms with Crippen LogP contribution in [-0.2, 0) is 4.74 Å². The maximum atomic E-state index is 5.38. The molecule has 0 bridgehead atoms. The van der Waals surface area contributed by atoms with Gasteiger partial charge in [-0.05, 0) is 44.7 Å². The van der Waals surface area contributed by atoms with Gasteiger partial charge in [0.05, 0.1) is 0 Å². The minimum atomic E-state index is 0.443. The van der Waals surface area contributed by atoms with Gasteiger partial charge < -0.3 is 10.1 Å². The summed E-state index contributed by atoms with van der Waals surface area (Å²) in [7, 11) is 0. The number of ether oxygens (including phenoxy) is 1. The number of aryl methyl sites for hydroxylation is 1. The highest BCUT2D eigenvalue weighted by atomic mass is 16.5. The van der Waals surface area contributed by atoms with Crippen LogP contribution >= 0.6 is 0 Å². The predicted octanol–water partition coefficient (Wildman–Crippen LogP) is 3.07. The Labute approximate surface area is 104 Å². The van der Waals surface area contributed by atoms with Gasteiger partial charge in [-0.15, -0.1) is 0 Å². The zero-order valence-electron chi connectivity index (χ0n) is 10.9. The topological polar surface area (TPSA) is 21.3 Å². The minimum absolute atomic E-state index is 0.443. The summed E-state index contributed by atoms with van der Waals surface area (Å²) in [6.45, 7) is 7.36. The molecule has 1 aliphatic heterocycles. The van der Waals surface area contributed by atoms with E-state index >= 15 is 0 Å². The van der Waals surface area contributed by atoms with Gasteiger partial charge in [0.15, 0.2) is 0 Å². The van der Waals surface area contributed by atoms with Crippen molar-refractivity contribution in [1.82, 2.24) is 5.32 Å². The first-order chi connectivity index (χ1) is 8.25. The molecule has 0 amide bonds. The van der Waals surface area contributed by atoms with E-state index in [4.69, 9.17) is 4.74 Å². The van der Waals surface area contributed by atoms with Crippen LogP contribution in [0, 0.1) is 12.8 Å². The molecule has 0 spiro atoms. The van der Waals surface area contributed by atoms with Crippen molar-refractivity contribution < 1.29 is 4.74 Å². The first-order valence-corrected chi connectivity index (χ1v) is 6.63. The standard InChI is InChI=1S/C15H23NO/c1-12-3-5-15(6-4-12)13(2)16-9-7-14-8-10-17-11-14/h3-6,13-14,16H,7-11H2,1-2H3. The highest BCUT2D eigenvalue weighted by molar-refractivity contribution is 5.23. The fourth-order valence-corrected chi connectivity index (χ4v) is 2.29. The lowest BCUT2D eigenvalue weighted by Crippen LogP contribution is -2.22. The molecule has 1 saturated heterocycles. The van der Waals surface area contributed by atoms with E-state index in [0.29, 0.717) is 6.04 Å². The molecule has 2 rings (SSSR count). The highest BCUT2D eigenvalue weighted by Gasteiger charge is 2.15. The van der Waals surface area contributed by atoms with Crippen molar-refractivity contribution in [3.8, 4) is 0 Å². The Morgan fingerprint density at radius 1 is 1.35 bits per heavy atom. The molecule has 94 valence electrons. The van der Waals surface area contributed by atoms with Gasteiger partial charge in [0.25, 0.3) is 0 Å². The third-order valence-corrected chi connectivity index (χ3v) is 3.60. The van der Waals surface area contributed by atoms with E-state index in [9.17, 15) is 0 Å². The Morgan fingerprint density at radius 2 is 2.12 bits per heavy atom. The third-order valence-electron chi connectivity index (χ3n) is 3.60. The molecule has 0 aliphatic carbocycles. The molecule has 1 aromatic carbocycles. The van der Waals surface area contributed by atoms with E-state index in [0.717, 1.165) is 25.7 Å². The number of nitrogens with one attached hydrogen (secondary N) is 1. The van der Waals surface area contributed by atoms with Crippen LogP contribution in [0.15, 0.2) is 24.3 Å². The van der Waals surface area contributed by atoms with Crippen molar-refractivity contribution in [1.29, 1.82) is 0 Å². The first kappa shape index (κ1) is 12.6. The van der Waals surface area contributed by atoms with Gasteiger partial charge in [-0.1, -0.05) is 29.8 Å².